The van der Waals surface area contributed by atoms with Crippen LogP contribution >= 0.6 is 11.6 Å². The third kappa shape index (κ3) is 2.79. The van der Waals surface area contributed by atoms with Gasteiger partial charge in [0.25, 0.3) is 0 Å². The molecule has 2 aromatic heterocycles. The molecule has 4 nitrogen and oxygen atoms in total. The minimum Gasteiger partial charge on any atom is -0.497 e. The number of halogens is 1. The first-order valence-corrected chi connectivity index (χ1v) is 9.29. The summed E-state index contributed by atoms with van der Waals surface area (Å²) in [6.07, 6.45) is 2.03. The van der Waals surface area contributed by atoms with Gasteiger partial charge in [-0.2, -0.15) is 0 Å². The summed E-state index contributed by atoms with van der Waals surface area (Å²) in [5.74, 6) is 0.816. The van der Waals surface area contributed by atoms with Crippen LogP contribution in [0.25, 0.3) is 39.2 Å². The number of hydrogen-bond donors (Lipinski definition) is 0. The van der Waals surface area contributed by atoms with Gasteiger partial charge in [0.15, 0.2) is 5.65 Å². The van der Waals surface area contributed by atoms with Gasteiger partial charge in [-0.25, -0.2) is 9.97 Å². The number of para-hydroxylation sites is 2. The standard InChI is InChI=1S/C23H16ClN3O/c1-28-18-12-8-15(9-13-18)20-14-27-21-5-3-2-4-19(21)26-23(27)22(25-20)16-6-10-17(24)11-7-16/h2-14H,1H3. The summed E-state index contributed by atoms with van der Waals surface area (Å²) in [4.78, 5) is 9.78. The Morgan fingerprint density at radius 1 is 0.821 bits per heavy atom. The van der Waals surface area contributed by atoms with Gasteiger partial charge in [0, 0.05) is 22.3 Å². The van der Waals surface area contributed by atoms with Gasteiger partial charge in [0.2, 0.25) is 0 Å². The molecule has 5 rings (SSSR count). The van der Waals surface area contributed by atoms with E-state index in [9.17, 15) is 0 Å². The predicted octanol–water partition coefficient (Wildman–Crippen LogP) is 5.88. The average molecular weight is 386 g/mol. The van der Waals surface area contributed by atoms with Crippen LogP contribution in [0.5, 0.6) is 5.75 Å². The van der Waals surface area contributed by atoms with Crippen LogP contribution in [0.4, 0.5) is 0 Å². The highest BCUT2D eigenvalue weighted by Crippen LogP contribution is 2.30. The molecule has 0 saturated carbocycles. The monoisotopic (exact) mass is 385 g/mol. The van der Waals surface area contributed by atoms with Crippen molar-refractivity contribution in [3.05, 3.63) is 84.0 Å². The SMILES string of the molecule is COc1ccc(-c2cn3c(nc4ccccc43)c(-c3ccc(Cl)cc3)n2)cc1. The molecule has 5 aromatic rings. The number of fused-ring (bicyclic) bond motifs is 3. The van der Waals surface area contributed by atoms with Crippen LogP contribution in [-0.2, 0) is 0 Å². The van der Waals surface area contributed by atoms with E-state index in [2.05, 4.69) is 10.5 Å². The largest absolute Gasteiger partial charge is 0.497 e. The number of ether oxygens (including phenoxy) is 1. The highest BCUT2D eigenvalue weighted by atomic mass is 35.5. The lowest BCUT2D eigenvalue weighted by Crippen LogP contribution is -1.96. The van der Waals surface area contributed by atoms with Gasteiger partial charge in [-0.3, -0.25) is 4.40 Å². The smallest absolute Gasteiger partial charge is 0.164 e. The first kappa shape index (κ1) is 16.8. The molecular weight excluding hydrogens is 370 g/mol. The summed E-state index contributed by atoms with van der Waals surface area (Å²) in [6.45, 7) is 0. The molecule has 0 fully saturated rings. The van der Waals surface area contributed by atoms with Crippen LogP contribution in [0, 0.1) is 0 Å². The molecule has 0 N–H and O–H groups in total. The van der Waals surface area contributed by atoms with E-state index in [-0.39, 0.29) is 0 Å². The van der Waals surface area contributed by atoms with Gasteiger partial charge in [0.05, 0.1) is 23.8 Å². The van der Waals surface area contributed by atoms with Crippen molar-refractivity contribution in [3.63, 3.8) is 0 Å². The molecule has 5 heteroatoms. The molecule has 0 aliphatic heterocycles. The average Bonchev–Trinajstić information content (AvgIpc) is 3.12. The molecule has 0 bridgehead atoms. The molecule has 0 atom stereocenters. The molecule has 136 valence electrons. The predicted molar refractivity (Wildman–Crippen MR) is 113 cm³/mol. The van der Waals surface area contributed by atoms with E-state index in [1.165, 1.54) is 0 Å². The molecule has 0 spiro atoms. The normalized spacial score (nSPS) is 11.2. The fourth-order valence-electron chi connectivity index (χ4n) is 3.37. The van der Waals surface area contributed by atoms with Gasteiger partial charge < -0.3 is 4.74 Å². The molecule has 3 aromatic carbocycles. The maximum absolute atomic E-state index is 6.08. The molecule has 28 heavy (non-hydrogen) atoms. The summed E-state index contributed by atoms with van der Waals surface area (Å²) in [5, 5.41) is 0.694. The second-order valence-corrected chi connectivity index (χ2v) is 6.94. The lowest BCUT2D eigenvalue weighted by molar-refractivity contribution is 0.415. The molecule has 0 unspecified atom stereocenters. The van der Waals surface area contributed by atoms with Gasteiger partial charge in [-0.15, -0.1) is 0 Å². The number of benzene rings is 3. The Morgan fingerprint density at radius 3 is 2.29 bits per heavy atom. The second kappa shape index (κ2) is 6.66. The summed E-state index contributed by atoms with van der Waals surface area (Å²) < 4.78 is 7.38. The van der Waals surface area contributed by atoms with Crippen LogP contribution < -0.4 is 4.74 Å². The molecular formula is C23H16ClN3O. The molecule has 0 saturated heterocycles. The van der Waals surface area contributed by atoms with Gasteiger partial charge in [0.1, 0.15) is 11.4 Å². The van der Waals surface area contributed by atoms with Gasteiger partial charge >= 0.3 is 0 Å². The van der Waals surface area contributed by atoms with Crippen molar-refractivity contribution in [2.45, 2.75) is 0 Å². The Balaban J connectivity index is 1.81. The molecule has 0 amide bonds. The zero-order valence-electron chi connectivity index (χ0n) is 15.1. The fraction of sp³-hybridized carbons (Fsp3) is 0.0435. The molecule has 2 heterocycles. The van der Waals surface area contributed by atoms with E-state index in [0.29, 0.717) is 5.02 Å². The van der Waals surface area contributed by atoms with E-state index in [1.807, 2.05) is 72.9 Å². The van der Waals surface area contributed by atoms with Crippen LogP contribution in [0.1, 0.15) is 0 Å². The number of nitrogens with zero attached hydrogens (tertiary/aromatic N) is 3. The fourth-order valence-corrected chi connectivity index (χ4v) is 3.49. The third-order valence-electron chi connectivity index (χ3n) is 4.79. The van der Waals surface area contributed by atoms with E-state index >= 15 is 0 Å². The first-order valence-electron chi connectivity index (χ1n) is 8.91. The maximum Gasteiger partial charge on any atom is 0.164 e. The van der Waals surface area contributed by atoms with Crippen molar-refractivity contribution in [2.75, 3.05) is 7.11 Å². The zero-order chi connectivity index (χ0) is 19.1. The lowest BCUT2D eigenvalue weighted by Gasteiger charge is -2.09. The van der Waals surface area contributed by atoms with Crippen molar-refractivity contribution < 1.29 is 4.74 Å². The van der Waals surface area contributed by atoms with Crippen LogP contribution in [0.15, 0.2) is 79.0 Å². The van der Waals surface area contributed by atoms with Crippen molar-refractivity contribution in [3.8, 4) is 28.3 Å². The number of hydrogen-bond acceptors (Lipinski definition) is 3. The highest BCUT2D eigenvalue weighted by molar-refractivity contribution is 6.30. The first-order chi connectivity index (χ1) is 13.7. The minimum atomic E-state index is 0.694. The quantitative estimate of drug-likeness (QED) is 0.389. The van der Waals surface area contributed by atoms with Crippen molar-refractivity contribution >= 4 is 28.3 Å². The van der Waals surface area contributed by atoms with Crippen LogP contribution in [0.3, 0.4) is 0 Å². The van der Waals surface area contributed by atoms with E-state index < -0.39 is 0 Å². The molecule has 0 aliphatic carbocycles. The summed E-state index contributed by atoms with van der Waals surface area (Å²) in [7, 11) is 1.66. The Labute approximate surface area is 167 Å². The minimum absolute atomic E-state index is 0.694. The van der Waals surface area contributed by atoms with Crippen molar-refractivity contribution in [2.24, 2.45) is 0 Å². The Kier molecular flexibility index (Phi) is 3.99. The Bertz CT molecular complexity index is 1290. The molecule has 0 radical (unpaired) electrons. The third-order valence-corrected chi connectivity index (χ3v) is 5.05. The highest BCUT2D eigenvalue weighted by Gasteiger charge is 2.14. The summed E-state index contributed by atoms with van der Waals surface area (Å²) in [5.41, 5.74) is 6.47. The Hall–Kier alpha value is -3.37. The second-order valence-electron chi connectivity index (χ2n) is 6.50. The van der Waals surface area contributed by atoms with Gasteiger partial charge in [-0.05, 0) is 48.5 Å². The van der Waals surface area contributed by atoms with E-state index in [1.54, 1.807) is 7.11 Å². The number of methoxy groups -OCH3 is 1. The maximum atomic E-state index is 6.08. The Morgan fingerprint density at radius 2 is 1.54 bits per heavy atom. The number of imidazole rings is 1. The van der Waals surface area contributed by atoms with Crippen molar-refractivity contribution in [1.29, 1.82) is 0 Å². The topological polar surface area (TPSA) is 39.4 Å². The summed E-state index contributed by atoms with van der Waals surface area (Å²) >= 11 is 6.08. The van der Waals surface area contributed by atoms with Crippen molar-refractivity contribution in [1.82, 2.24) is 14.4 Å². The molecule has 0 aliphatic rings. The van der Waals surface area contributed by atoms with Crippen LogP contribution in [-0.4, -0.2) is 21.5 Å². The van der Waals surface area contributed by atoms with Crippen LogP contribution in [0.2, 0.25) is 5.02 Å². The number of rotatable bonds is 3. The number of aromatic nitrogens is 3. The van der Waals surface area contributed by atoms with Gasteiger partial charge in [-0.1, -0.05) is 35.9 Å². The summed E-state index contributed by atoms with van der Waals surface area (Å²) in [6, 6.07) is 23.7. The lowest BCUT2D eigenvalue weighted by atomic mass is 10.1. The van der Waals surface area contributed by atoms with E-state index in [0.717, 1.165) is 44.9 Å². The zero-order valence-corrected chi connectivity index (χ0v) is 15.9. The van der Waals surface area contributed by atoms with E-state index in [4.69, 9.17) is 26.3 Å².